The molecule has 0 aromatic rings. The second kappa shape index (κ2) is 4.45. The molecule has 0 aromatic carbocycles. The van der Waals surface area contributed by atoms with Crippen LogP contribution in [-0.4, -0.2) is 12.6 Å². The van der Waals surface area contributed by atoms with Crippen molar-refractivity contribution >= 4 is 0 Å². The molecule has 1 heteroatoms. The molecule has 0 spiro atoms. The summed E-state index contributed by atoms with van der Waals surface area (Å²) in [6.07, 6.45) is 5.50. The van der Waals surface area contributed by atoms with Crippen LogP contribution in [0.25, 0.3) is 0 Å². The predicted molar refractivity (Wildman–Crippen MR) is 58.9 cm³/mol. The fraction of sp³-hybridized carbons (Fsp3) is 1.00. The summed E-state index contributed by atoms with van der Waals surface area (Å²) in [5.41, 5.74) is 0.483. The molecule has 78 valence electrons. The van der Waals surface area contributed by atoms with Crippen molar-refractivity contribution in [2.45, 2.75) is 59.4 Å². The molecular weight excluding hydrogens is 158 g/mol. The molecule has 1 aliphatic rings. The van der Waals surface area contributed by atoms with Gasteiger partial charge in [-0.2, -0.15) is 0 Å². The lowest BCUT2D eigenvalue weighted by atomic mass is 9.92. The molecule has 1 fully saturated rings. The third kappa shape index (κ3) is 4.66. The Morgan fingerprint density at radius 1 is 1.23 bits per heavy atom. The van der Waals surface area contributed by atoms with E-state index in [9.17, 15) is 0 Å². The molecule has 0 heterocycles. The van der Waals surface area contributed by atoms with Crippen molar-refractivity contribution in [3.63, 3.8) is 0 Å². The van der Waals surface area contributed by atoms with E-state index in [1.807, 2.05) is 0 Å². The average Bonchev–Trinajstić information content (AvgIpc) is 2.33. The Kier molecular flexibility index (Phi) is 3.78. The van der Waals surface area contributed by atoms with Crippen molar-refractivity contribution in [1.82, 2.24) is 5.32 Å². The zero-order valence-electron chi connectivity index (χ0n) is 9.69. The maximum absolute atomic E-state index is 3.67. The first-order chi connectivity index (χ1) is 5.97. The van der Waals surface area contributed by atoms with Gasteiger partial charge < -0.3 is 5.32 Å². The van der Waals surface area contributed by atoms with Crippen molar-refractivity contribution < 1.29 is 0 Å². The summed E-state index contributed by atoms with van der Waals surface area (Å²) < 4.78 is 0. The Balaban J connectivity index is 2.07. The Morgan fingerprint density at radius 2 is 1.92 bits per heavy atom. The third-order valence-corrected chi connectivity index (χ3v) is 3.00. The minimum Gasteiger partial charge on any atom is -0.314 e. The lowest BCUT2D eigenvalue weighted by Crippen LogP contribution is -2.29. The molecule has 13 heavy (non-hydrogen) atoms. The Labute approximate surface area is 83.3 Å². The minimum atomic E-state index is 0.483. The summed E-state index contributed by atoms with van der Waals surface area (Å²) >= 11 is 0. The minimum absolute atomic E-state index is 0.483. The lowest BCUT2D eigenvalue weighted by molar-refractivity contribution is 0.352. The van der Waals surface area contributed by atoms with Crippen LogP contribution in [0.3, 0.4) is 0 Å². The lowest BCUT2D eigenvalue weighted by Gasteiger charge is -2.20. The summed E-state index contributed by atoms with van der Waals surface area (Å²) in [6.45, 7) is 10.5. The summed E-state index contributed by atoms with van der Waals surface area (Å²) in [6, 6.07) is 0.817. The van der Waals surface area contributed by atoms with E-state index in [2.05, 4.69) is 33.0 Å². The maximum atomic E-state index is 3.67. The molecule has 0 aliphatic heterocycles. The SMILES string of the molecule is CC1CCC(NCCC(C)(C)C)C1. The van der Waals surface area contributed by atoms with Crippen molar-refractivity contribution in [3.8, 4) is 0 Å². The van der Waals surface area contributed by atoms with Crippen molar-refractivity contribution in [2.24, 2.45) is 11.3 Å². The molecule has 1 rings (SSSR count). The van der Waals surface area contributed by atoms with Gasteiger partial charge in [0.05, 0.1) is 0 Å². The van der Waals surface area contributed by atoms with Gasteiger partial charge in [-0.1, -0.05) is 27.7 Å². The zero-order valence-corrected chi connectivity index (χ0v) is 9.69. The van der Waals surface area contributed by atoms with Crippen LogP contribution in [0.2, 0.25) is 0 Å². The highest BCUT2D eigenvalue weighted by Crippen LogP contribution is 2.25. The first-order valence-corrected chi connectivity index (χ1v) is 5.71. The molecule has 0 bridgehead atoms. The quantitative estimate of drug-likeness (QED) is 0.708. The van der Waals surface area contributed by atoms with Crippen LogP contribution in [0, 0.1) is 11.3 Å². The van der Waals surface area contributed by atoms with E-state index in [-0.39, 0.29) is 0 Å². The fourth-order valence-electron chi connectivity index (χ4n) is 2.04. The van der Waals surface area contributed by atoms with E-state index in [0.29, 0.717) is 5.41 Å². The van der Waals surface area contributed by atoms with Crippen LogP contribution in [0.15, 0.2) is 0 Å². The van der Waals surface area contributed by atoms with E-state index < -0.39 is 0 Å². The molecule has 0 radical (unpaired) electrons. The van der Waals surface area contributed by atoms with Crippen molar-refractivity contribution in [3.05, 3.63) is 0 Å². The monoisotopic (exact) mass is 183 g/mol. The second-order valence-corrected chi connectivity index (χ2v) is 5.88. The molecule has 1 nitrogen and oxygen atoms in total. The molecule has 1 aliphatic carbocycles. The number of hydrogen-bond donors (Lipinski definition) is 1. The number of rotatable bonds is 3. The van der Waals surface area contributed by atoms with Crippen LogP contribution < -0.4 is 5.32 Å². The summed E-state index contributed by atoms with van der Waals surface area (Å²) in [4.78, 5) is 0. The standard InChI is InChI=1S/C12H25N/c1-10-5-6-11(9-10)13-8-7-12(2,3)4/h10-11,13H,5-9H2,1-4H3. The van der Waals surface area contributed by atoms with E-state index in [4.69, 9.17) is 0 Å². The highest BCUT2D eigenvalue weighted by Gasteiger charge is 2.20. The van der Waals surface area contributed by atoms with Gasteiger partial charge >= 0.3 is 0 Å². The Morgan fingerprint density at radius 3 is 2.38 bits per heavy atom. The number of hydrogen-bond acceptors (Lipinski definition) is 1. The molecule has 2 atom stereocenters. The van der Waals surface area contributed by atoms with Gasteiger partial charge in [-0.3, -0.25) is 0 Å². The van der Waals surface area contributed by atoms with Crippen molar-refractivity contribution in [1.29, 1.82) is 0 Å². The highest BCUT2D eigenvalue weighted by atomic mass is 14.9. The largest absolute Gasteiger partial charge is 0.314 e. The molecule has 2 unspecified atom stereocenters. The van der Waals surface area contributed by atoms with Gasteiger partial charge in [0.15, 0.2) is 0 Å². The van der Waals surface area contributed by atoms with Crippen LogP contribution in [0.5, 0.6) is 0 Å². The van der Waals surface area contributed by atoms with Gasteiger partial charge in [0.2, 0.25) is 0 Å². The Hall–Kier alpha value is -0.0400. The van der Waals surface area contributed by atoms with E-state index in [0.717, 1.165) is 12.0 Å². The van der Waals surface area contributed by atoms with E-state index in [1.54, 1.807) is 0 Å². The first-order valence-electron chi connectivity index (χ1n) is 5.71. The van der Waals surface area contributed by atoms with Gasteiger partial charge in [0, 0.05) is 6.04 Å². The van der Waals surface area contributed by atoms with Crippen LogP contribution in [0.4, 0.5) is 0 Å². The van der Waals surface area contributed by atoms with Crippen LogP contribution in [-0.2, 0) is 0 Å². The van der Waals surface area contributed by atoms with Gasteiger partial charge in [-0.05, 0) is 43.6 Å². The van der Waals surface area contributed by atoms with E-state index in [1.165, 1.54) is 32.2 Å². The van der Waals surface area contributed by atoms with Crippen LogP contribution >= 0.6 is 0 Å². The van der Waals surface area contributed by atoms with E-state index >= 15 is 0 Å². The normalized spacial score (nSPS) is 29.5. The predicted octanol–water partition coefficient (Wildman–Crippen LogP) is 3.20. The van der Waals surface area contributed by atoms with Crippen molar-refractivity contribution in [2.75, 3.05) is 6.54 Å². The second-order valence-electron chi connectivity index (χ2n) is 5.88. The maximum Gasteiger partial charge on any atom is 0.00697 e. The van der Waals surface area contributed by atoms with Gasteiger partial charge in [0.25, 0.3) is 0 Å². The summed E-state index contributed by atoms with van der Waals surface area (Å²) in [7, 11) is 0. The molecular formula is C12H25N. The third-order valence-electron chi connectivity index (χ3n) is 3.00. The molecule has 0 saturated heterocycles. The van der Waals surface area contributed by atoms with Gasteiger partial charge in [0.1, 0.15) is 0 Å². The summed E-state index contributed by atoms with van der Waals surface area (Å²) in [5, 5.41) is 3.67. The molecule has 0 amide bonds. The molecule has 0 aromatic heterocycles. The molecule has 1 saturated carbocycles. The first kappa shape index (κ1) is 11.0. The topological polar surface area (TPSA) is 12.0 Å². The van der Waals surface area contributed by atoms with Gasteiger partial charge in [-0.25, -0.2) is 0 Å². The van der Waals surface area contributed by atoms with Crippen LogP contribution in [0.1, 0.15) is 53.4 Å². The Bertz CT molecular complexity index is 146. The average molecular weight is 183 g/mol. The highest BCUT2D eigenvalue weighted by molar-refractivity contribution is 4.78. The zero-order chi connectivity index (χ0) is 9.90. The smallest absolute Gasteiger partial charge is 0.00697 e. The summed E-state index contributed by atoms with van der Waals surface area (Å²) in [5.74, 6) is 0.951. The molecule has 1 N–H and O–H groups in total. The van der Waals surface area contributed by atoms with Gasteiger partial charge in [-0.15, -0.1) is 0 Å². The number of nitrogens with one attached hydrogen (secondary N) is 1. The fourth-order valence-corrected chi connectivity index (χ4v) is 2.04.